The normalized spacial score (nSPS) is 17.4. The van der Waals surface area contributed by atoms with Crippen LogP contribution in [0.3, 0.4) is 0 Å². The van der Waals surface area contributed by atoms with E-state index in [9.17, 15) is 0 Å². The number of benzene rings is 1. The van der Waals surface area contributed by atoms with Crippen LogP contribution in [0.15, 0.2) is 43.2 Å². The first kappa shape index (κ1) is 28.9. The lowest BCUT2D eigenvalue weighted by molar-refractivity contribution is 0.0693. The number of aromatic nitrogens is 1. The lowest BCUT2D eigenvalue weighted by Crippen LogP contribution is -2.54. The van der Waals surface area contributed by atoms with E-state index in [0.29, 0.717) is 23.5 Å². The first-order valence-corrected chi connectivity index (χ1v) is 13.9. The van der Waals surface area contributed by atoms with Crippen molar-refractivity contribution in [2.45, 2.75) is 77.1 Å². The Labute approximate surface area is 233 Å². The number of nitrogens with zero attached hydrogens (tertiary/aromatic N) is 2. The largest absolute Gasteiger partial charge is 0.354 e. The van der Waals surface area contributed by atoms with E-state index in [1.54, 1.807) is 0 Å². The van der Waals surface area contributed by atoms with Gasteiger partial charge in [-0.1, -0.05) is 33.1 Å². The molecule has 1 aliphatic carbocycles. The van der Waals surface area contributed by atoms with E-state index in [1.165, 1.54) is 18.4 Å². The van der Waals surface area contributed by atoms with Gasteiger partial charge in [-0.25, -0.2) is 8.78 Å². The molecule has 1 saturated carbocycles. The fourth-order valence-electron chi connectivity index (χ4n) is 5.36. The second-order valence-corrected chi connectivity index (χ2v) is 11.7. The highest BCUT2D eigenvalue weighted by Crippen LogP contribution is 2.55. The van der Waals surface area contributed by atoms with Gasteiger partial charge in [-0.05, 0) is 94.2 Å². The molecule has 1 aliphatic heterocycles. The average molecular weight is 530 g/mol. The zero-order valence-corrected chi connectivity index (χ0v) is 23.9. The van der Waals surface area contributed by atoms with Crippen molar-refractivity contribution in [2.24, 2.45) is 0 Å². The minimum atomic E-state index is -0.659. The summed E-state index contributed by atoms with van der Waals surface area (Å²) in [5, 5.41) is 11.1. The van der Waals surface area contributed by atoms with Crippen LogP contribution in [0, 0.1) is 17.0 Å². The topological polar surface area (TPSA) is 52.0 Å². The van der Waals surface area contributed by atoms with Gasteiger partial charge in [0.2, 0.25) is 0 Å². The Morgan fingerprint density at radius 2 is 1.85 bits per heavy atom. The quantitative estimate of drug-likeness (QED) is 0.236. The molecule has 0 spiro atoms. The van der Waals surface area contributed by atoms with Crippen molar-refractivity contribution in [1.29, 1.82) is 5.41 Å². The molecular formula is C32H40BF2N4. The third-order valence-corrected chi connectivity index (χ3v) is 8.25. The van der Waals surface area contributed by atoms with Gasteiger partial charge < -0.3 is 10.7 Å². The molecule has 2 aliphatic rings. The first-order valence-electron chi connectivity index (χ1n) is 13.9. The van der Waals surface area contributed by atoms with E-state index in [-0.39, 0.29) is 16.8 Å². The Balaban J connectivity index is 1.61. The Bertz CT molecular complexity index is 1310. The molecule has 39 heavy (non-hydrogen) atoms. The number of pyridine rings is 1. The maximum Gasteiger partial charge on any atom is 0.156 e. The van der Waals surface area contributed by atoms with Gasteiger partial charge >= 0.3 is 0 Å². The number of rotatable bonds is 11. The molecule has 2 aromatic rings. The van der Waals surface area contributed by atoms with E-state index in [2.05, 4.69) is 63.3 Å². The Hall–Kier alpha value is -3.06. The van der Waals surface area contributed by atoms with Gasteiger partial charge in [0, 0.05) is 40.2 Å². The number of allylic oxidation sites excluding steroid dienone is 2. The van der Waals surface area contributed by atoms with Gasteiger partial charge in [-0.2, -0.15) is 0 Å². The van der Waals surface area contributed by atoms with Crippen LogP contribution in [-0.2, 0) is 18.3 Å². The van der Waals surface area contributed by atoms with Crippen LogP contribution in [0.1, 0.15) is 75.4 Å². The summed E-state index contributed by atoms with van der Waals surface area (Å²) in [6.45, 7) is 20.6. The predicted octanol–water partition coefficient (Wildman–Crippen LogP) is 7.38. The smallest absolute Gasteiger partial charge is 0.156 e. The van der Waals surface area contributed by atoms with Crippen LogP contribution >= 0.6 is 0 Å². The van der Waals surface area contributed by atoms with Crippen LogP contribution in [0.5, 0.6) is 0 Å². The highest BCUT2D eigenvalue weighted by Gasteiger charge is 2.49. The molecule has 205 valence electrons. The van der Waals surface area contributed by atoms with Crippen LogP contribution in [-0.4, -0.2) is 42.0 Å². The summed E-state index contributed by atoms with van der Waals surface area (Å²) >= 11 is 0. The number of anilines is 1. The summed E-state index contributed by atoms with van der Waals surface area (Å²) in [4.78, 5) is 7.12. The van der Waals surface area contributed by atoms with E-state index in [4.69, 9.17) is 5.41 Å². The van der Waals surface area contributed by atoms with Crippen molar-refractivity contribution in [2.75, 3.05) is 18.4 Å². The Kier molecular flexibility index (Phi) is 8.32. The lowest BCUT2D eigenvalue weighted by Gasteiger charge is -2.47. The molecular weight excluding hydrogens is 489 g/mol. The van der Waals surface area contributed by atoms with Crippen molar-refractivity contribution in [3.8, 4) is 0 Å². The van der Waals surface area contributed by atoms with Gasteiger partial charge in [0.15, 0.2) is 11.6 Å². The molecule has 0 unspecified atom stereocenters. The molecule has 4 nitrogen and oxygen atoms in total. The maximum atomic E-state index is 15.2. The zero-order valence-electron chi connectivity index (χ0n) is 23.9. The average Bonchev–Trinajstić information content (AvgIpc) is 3.69. The number of nitrogens with one attached hydrogen (secondary N) is 2. The van der Waals surface area contributed by atoms with Crippen LogP contribution in [0.2, 0.25) is 5.82 Å². The molecule has 2 fully saturated rings. The SMILES string of the molecule is C=Cc1cc(CC)c(F)c(NC(=C)C2(c3cc(/C(C=N)=C/[B]C4CN(C(C)(C)C)C4)ncc3CC)CC2)c1F. The fraction of sp³-hybridized carbons (Fsp3) is 0.438. The third-order valence-electron chi connectivity index (χ3n) is 8.25. The summed E-state index contributed by atoms with van der Waals surface area (Å²) in [5.41, 5.74) is 4.40. The number of likely N-dealkylation sites (tertiary alicyclic amines) is 1. The minimum Gasteiger partial charge on any atom is -0.354 e. The highest BCUT2D eigenvalue weighted by atomic mass is 19.1. The van der Waals surface area contributed by atoms with Gasteiger partial charge in [0.1, 0.15) is 13.0 Å². The van der Waals surface area contributed by atoms with Gasteiger partial charge in [0.05, 0.1) is 5.69 Å². The van der Waals surface area contributed by atoms with E-state index < -0.39 is 17.0 Å². The molecule has 1 aromatic carbocycles. The number of hydrogen-bond donors (Lipinski definition) is 2. The molecule has 4 rings (SSSR count). The summed E-state index contributed by atoms with van der Waals surface area (Å²) in [7, 11) is 2.18. The van der Waals surface area contributed by atoms with Crippen molar-refractivity contribution in [3.63, 3.8) is 0 Å². The maximum absolute atomic E-state index is 15.2. The van der Waals surface area contributed by atoms with Crippen LogP contribution in [0.25, 0.3) is 11.6 Å². The fourth-order valence-corrected chi connectivity index (χ4v) is 5.36. The van der Waals surface area contributed by atoms with Gasteiger partial charge in [-0.15, -0.1) is 5.98 Å². The zero-order chi connectivity index (χ0) is 28.5. The van der Waals surface area contributed by atoms with E-state index >= 15 is 8.78 Å². The predicted molar refractivity (Wildman–Crippen MR) is 161 cm³/mol. The van der Waals surface area contributed by atoms with E-state index in [1.807, 2.05) is 25.2 Å². The lowest BCUT2D eigenvalue weighted by atomic mass is 9.59. The Morgan fingerprint density at radius 1 is 1.18 bits per heavy atom. The van der Waals surface area contributed by atoms with Crippen LogP contribution < -0.4 is 5.32 Å². The molecule has 0 amide bonds. The summed E-state index contributed by atoms with van der Waals surface area (Å²) in [6, 6.07) is 3.55. The standard InChI is InChI=1S/C32H40BF2N4/c1-8-21-13-22(9-2)29(35)30(28(21)34)38-20(4)32(11-12-32)26-14-27(37-17-23(26)10-3)24(16-36)15-33-25-18-39(19-25)31(5,6)7/h8,13-17,25,36,38H,1,4,9-12,18-19H2,2-3,5-7H3/b24-15+,36-16?. The summed E-state index contributed by atoms with van der Waals surface area (Å²) in [6.07, 6.45) is 7.48. The van der Waals surface area contributed by atoms with Crippen molar-refractivity contribution in [1.82, 2.24) is 9.88 Å². The third kappa shape index (κ3) is 5.65. The van der Waals surface area contributed by atoms with E-state index in [0.717, 1.165) is 54.7 Å². The van der Waals surface area contributed by atoms with Crippen molar-refractivity contribution < 1.29 is 8.78 Å². The van der Waals surface area contributed by atoms with Crippen molar-refractivity contribution >= 4 is 30.8 Å². The Morgan fingerprint density at radius 3 is 2.38 bits per heavy atom. The molecule has 1 aromatic heterocycles. The molecule has 2 N–H and O–H groups in total. The van der Waals surface area contributed by atoms with Crippen LogP contribution in [0.4, 0.5) is 14.5 Å². The second kappa shape index (κ2) is 11.2. The second-order valence-electron chi connectivity index (χ2n) is 11.7. The summed E-state index contributed by atoms with van der Waals surface area (Å²) < 4.78 is 30.4. The van der Waals surface area contributed by atoms with Gasteiger partial charge in [-0.3, -0.25) is 9.88 Å². The first-order chi connectivity index (χ1) is 18.5. The summed E-state index contributed by atoms with van der Waals surface area (Å²) in [5.74, 6) is 1.21. The molecule has 7 heteroatoms. The van der Waals surface area contributed by atoms with Gasteiger partial charge in [0.25, 0.3) is 0 Å². The number of halogens is 2. The molecule has 1 radical (unpaired) electrons. The molecule has 1 saturated heterocycles. The monoisotopic (exact) mass is 529 g/mol. The highest BCUT2D eigenvalue weighted by molar-refractivity contribution is 6.48. The van der Waals surface area contributed by atoms with Crippen molar-refractivity contribution in [3.05, 3.63) is 82.7 Å². The molecule has 0 bridgehead atoms. The molecule has 0 atom stereocenters. The number of hydrogen-bond acceptors (Lipinski definition) is 4. The molecule has 2 heterocycles. The number of aryl methyl sites for hydroxylation is 2. The minimum absolute atomic E-state index is 0.164.